The van der Waals surface area contributed by atoms with E-state index in [1.807, 2.05) is 38.2 Å². The first-order valence-electron chi connectivity index (χ1n) is 9.21. The number of H-pyrrole nitrogens is 1. The standard InChI is InChI=1S/C20H21ClN6O/c1-12-16(13(2)26-27-11-24-25-20(12)27)4-6-19(28)22-8-7-14-10-23-18-5-3-15(21)9-17(14)18/h3,5,9-11,23H,4,6-8H2,1-2H3,(H,22,28). The van der Waals surface area contributed by atoms with Crippen LogP contribution in [0.2, 0.25) is 5.02 Å². The predicted molar refractivity (Wildman–Crippen MR) is 109 cm³/mol. The zero-order valence-electron chi connectivity index (χ0n) is 15.8. The number of amides is 1. The summed E-state index contributed by atoms with van der Waals surface area (Å²) in [5.41, 5.74) is 5.90. The molecule has 0 fully saturated rings. The molecule has 0 aliphatic rings. The third-order valence-corrected chi connectivity index (χ3v) is 5.30. The molecule has 7 nitrogen and oxygen atoms in total. The Hall–Kier alpha value is -2.93. The number of nitrogens with one attached hydrogen (secondary N) is 2. The van der Waals surface area contributed by atoms with Gasteiger partial charge in [0.05, 0.1) is 5.69 Å². The quantitative estimate of drug-likeness (QED) is 0.524. The molecule has 28 heavy (non-hydrogen) atoms. The summed E-state index contributed by atoms with van der Waals surface area (Å²) in [4.78, 5) is 15.5. The van der Waals surface area contributed by atoms with E-state index in [-0.39, 0.29) is 5.91 Å². The number of rotatable bonds is 6. The van der Waals surface area contributed by atoms with Gasteiger partial charge in [-0.1, -0.05) is 11.6 Å². The molecule has 1 aromatic carbocycles. The Bertz CT molecular complexity index is 1160. The van der Waals surface area contributed by atoms with Crippen molar-refractivity contribution in [2.24, 2.45) is 0 Å². The zero-order valence-corrected chi connectivity index (χ0v) is 16.5. The summed E-state index contributed by atoms with van der Waals surface area (Å²) in [7, 11) is 0. The Balaban J connectivity index is 1.34. The molecular weight excluding hydrogens is 376 g/mol. The molecule has 0 atom stereocenters. The van der Waals surface area contributed by atoms with Gasteiger partial charge in [-0.15, -0.1) is 10.2 Å². The number of aromatic amines is 1. The SMILES string of the molecule is Cc1nn2cnnc2c(C)c1CCC(=O)NCCc1c[nH]c2ccc(Cl)cc12. The maximum atomic E-state index is 12.3. The topological polar surface area (TPSA) is 88.0 Å². The lowest BCUT2D eigenvalue weighted by molar-refractivity contribution is -0.121. The molecule has 0 bridgehead atoms. The fraction of sp³-hybridized carbons (Fsp3) is 0.300. The van der Waals surface area contributed by atoms with Crippen LogP contribution in [-0.2, 0) is 17.6 Å². The number of aryl methyl sites for hydroxylation is 2. The highest BCUT2D eigenvalue weighted by molar-refractivity contribution is 6.31. The van der Waals surface area contributed by atoms with Crippen molar-refractivity contribution in [1.29, 1.82) is 0 Å². The normalized spacial score (nSPS) is 11.4. The number of nitrogens with zero attached hydrogens (tertiary/aromatic N) is 4. The van der Waals surface area contributed by atoms with Gasteiger partial charge in [-0.3, -0.25) is 4.79 Å². The van der Waals surface area contributed by atoms with Gasteiger partial charge in [-0.05, 0) is 56.0 Å². The van der Waals surface area contributed by atoms with Crippen LogP contribution in [-0.4, -0.2) is 37.2 Å². The fourth-order valence-electron chi connectivity index (χ4n) is 3.57. The van der Waals surface area contributed by atoms with Crippen molar-refractivity contribution in [3.63, 3.8) is 0 Å². The van der Waals surface area contributed by atoms with Crippen LogP contribution >= 0.6 is 11.6 Å². The zero-order chi connectivity index (χ0) is 19.7. The lowest BCUT2D eigenvalue weighted by Gasteiger charge is -2.10. The molecule has 1 amide bonds. The van der Waals surface area contributed by atoms with E-state index in [2.05, 4.69) is 25.6 Å². The minimum Gasteiger partial charge on any atom is -0.361 e. The molecule has 4 rings (SSSR count). The first-order chi connectivity index (χ1) is 13.5. The van der Waals surface area contributed by atoms with Crippen molar-refractivity contribution >= 4 is 34.1 Å². The number of carbonyl (C=O) groups is 1. The average molecular weight is 397 g/mol. The summed E-state index contributed by atoms with van der Waals surface area (Å²) < 4.78 is 1.67. The summed E-state index contributed by atoms with van der Waals surface area (Å²) in [6.45, 7) is 4.52. The van der Waals surface area contributed by atoms with Crippen LogP contribution in [0.15, 0.2) is 30.7 Å². The van der Waals surface area contributed by atoms with Gasteiger partial charge in [0.1, 0.15) is 6.33 Å². The number of carbonyl (C=O) groups excluding carboxylic acids is 1. The van der Waals surface area contributed by atoms with Gasteiger partial charge in [-0.25, -0.2) is 4.52 Å². The highest BCUT2D eigenvalue weighted by Gasteiger charge is 2.13. The summed E-state index contributed by atoms with van der Waals surface area (Å²) in [6.07, 6.45) is 5.34. The molecule has 4 aromatic rings. The number of hydrogen-bond acceptors (Lipinski definition) is 4. The molecule has 0 aliphatic carbocycles. The van der Waals surface area contributed by atoms with Crippen LogP contribution in [0, 0.1) is 13.8 Å². The third-order valence-electron chi connectivity index (χ3n) is 5.06. The largest absolute Gasteiger partial charge is 0.361 e. The number of benzene rings is 1. The van der Waals surface area contributed by atoms with Crippen LogP contribution in [0.3, 0.4) is 0 Å². The Morgan fingerprint density at radius 3 is 3.00 bits per heavy atom. The van der Waals surface area contributed by atoms with Gasteiger partial charge in [0.25, 0.3) is 0 Å². The highest BCUT2D eigenvalue weighted by Crippen LogP contribution is 2.22. The predicted octanol–water partition coefficient (Wildman–Crippen LogP) is 3.17. The van der Waals surface area contributed by atoms with Gasteiger partial charge in [0.15, 0.2) is 5.65 Å². The van der Waals surface area contributed by atoms with E-state index in [9.17, 15) is 4.79 Å². The summed E-state index contributed by atoms with van der Waals surface area (Å²) in [5, 5.41) is 17.2. The fourth-order valence-corrected chi connectivity index (χ4v) is 3.74. The number of aromatic nitrogens is 5. The molecule has 144 valence electrons. The number of fused-ring (bicyclic) bond motifs is 2. The van der Waals surface area contributed by atoms with Gasteiger partial charge < -0.3 is 10.3 Å². The Labute approximate surface area is 167 Å². The van der Waals surface area contributed by atoms with Crippen molar-refractivity contribution in [3.8, 4) is 0 Å². The van der Waals surface area contributed by atoms with Crippen molar-refractivity contribution in [1.82, 2.24) is 30.1 Å². The maximum absolute atomic E-state index is 12.3. The second-order valence-electron chi connectivity index (χ2n) is 6.89. The smallest absolute Gasteiger partial charge is 0.220 e. The molecular formula is C20H21ClN6O. The third kappa shape index (κ3) is 3.57. The molecule has 8 heteroatoms. The second-order valence-corrected chi connectivity index (χ2v) is 7.33. The van der Waals surface area contributed by atoms with E-state index in [1.54, 1.807) is 10.8 Å². The van der Waals surface area contributed by atoms with E-state index in [1.165, 1.54) is 0 Å². The first kappa shape index (κ1) is 18.4. The van der Waals surface area contributed by atoms with Crippen LogP contribution in [0.25, 0.3) is 16.6 Å². The van der Waals surface area contributed by atoms with Crippen LogP contribution in [0.5, 0.6) is 0 Å². The summed E-state index contributed by atoms with van der Waals surface area (Å²) in [6, 6.07) is 5.77. The molecule has 0 saturated carbocycles. The van der Waals surface area contributed by atoms with Crippen molar-refractivity contribution < 1.29 is 4.79 Å². The molecule has 0 saturated heterocycles. The summed E-state index contributed by atoms with van der Waals surface area (Å²) in [5.74, 6) is 0.0259. The van der Waals surface area contributed by atoms with Gasteiger partial charge in [0.2, 0.25) is 5.91 Å². The van der Waals surface area contributed by atoms with E-state index in [4.69, 9.17) is 11.6 Å². The molecule has 2 N–H and O–H groups in total. The molecule has 0 spiro atoms. The molecule has 3 aromatic heterocycles. The van der Waals surface area contributed by atoms with Crippen molar-refractivity contribution in [2.75, 3.05) is 6.54 Å². The average Bonchev–Trinajstić information content (AvgIpc) is 3.28. The van der Waals surface area contributed by atoms with Crippen LogP contribution in [0.1, 0.15) is 28.8 Å². The minimum absolute atomic E-state index is 0.0259. The van der Waals surface area contributed by atoms with Crippen LogP contribution in [0.4, 0.5) is 0 Å². The Morgan fingerprint density at radius 1 is 1.29 bits per heavy atom. The van der Waals surface area contributed by atoms with E-state index >= 15 is 0 Å². The first-order valence-corrected chi connectivity index (χ1v) is 9.59. The summed E-state index contributed by atoms with van der Waals surface area (Å²) >= 11 is 6.09. The van der Waals surface area contributed by atoms with E-state index in [0.29, 0.717) is 24.4 Å². The van der Waals surface area contributed by atoms with Crippen molar-refractivity contribution in [3.05, 3.63) is 58.1 Å². The highest BCUT2D eigenvalue weighted by atomic mass is 35.5. The molecule has 0 unspecified atom stereocenters. The molecule has 0 radical (unpaired) electrons. The van der Waals surface area contributed by atoms with E-state index < -0.39 is 0 Å². The van der Waals surface area contributed by atoms with Gasteiger partial charge in [-0.2, -0.15) is 5.10 Å². The molecule has 3 heterocycles. The van der Waals surface area contributed by atoms with Crippen LogP contribution < -0.4 is 5.32 Å². The minimum atomic E-state index is 0.0259. The maximum Gasteiger partial charge on any atom is 0.220 e. The monoisotopic (exact) mass is 396 g/mol. The van der Waals surface area contributed by atoms with E-state index in [0.717, 1.165) is 45.4 Å². The van der Waals surface area contributed by atoms with Gasteiger partial charge in [0, 0.05) is 40.7 Å². The second kappa shape index (κ2) is 7.59. The van der Waals surface area contributed by atoms with Gasteiger partial charge >= 0.3 is 0 Å². The lowest BCUT2D eigenvalue weighted by Crippen LogP contribution is -2.26. The Morgan fingerprint density at radius 2 is 2.14 bits per heavy atom. The number of halogens is 1. The lowest BCUT2D eigenvalue weighted by atomic mass is 10.0. The Kier molecular flexibility index (Phi) is 5.00. The molecule has 0 aliphatic heterocycles. The number of hydrogen-bond donors (Lipinski definition) is 2. The van der Waals surface area contributed by atoms with Crippen molar-refractivity contribution in [2.45, 2.75) is 33.1 Å².